The molecule has 1 aliphatic heterocycles. The second kappa shape index (κ2) is 6.51. The fourth-order valence-corrected chi connectivity index (χ4v) is 4.70. The highest BCUT2D eigenvalue weighted by Gasteiger charge is 2.38. The molecule has 1 atom stereocenters. The number of carbonyl (C=O) groups excluding carboxylic acids is 1. The quantitative estimate of drug-likeness (QED) is 0.510. The van der Waals surface area contributed by atoms with Crippen LogP contribution in [0, 0.1) is 6.92 Å². The van der Waals surface area contributed by atoms with E-state index in [1.165, 1.54) is 0 Å². The average Bonchev–Trinajstić information content (AvgIpc) is 3.42. The largest absolute Gasteiger partial charge is 0.338 e. The summed E-state index contributed by atoms with van der Waals surface area (Å²) < 4.78 is 4.14. The minimum absolute atomic E-state index is 0.151. The molecule has 0 saturated heterocycles. The van der Waals surface area contributed by atoms with Gasteiger partial charge in [0.15, 0.2) is 0 Å². The number of hydrogen-bond acceptors (Lipinski definition) is 4. The Hall–Kier alpha value is -3.48. The second-order valence-corrected chi connectivity index (χ2v) is 8.77. The van der Waals surface area contributed by atoms with Crippen LogP contribution >= 0.6 is 0 Å². The van der Waals surface area contributed by atoms with Gasteiger partial charge in [-0.25, -0.2) is 15.0 Å². The molecule has 0 bridgehead atoms. The topological polar surface area (TPSA) is 68.8 Å². The van der Waals surface area contributed by atoms with Gasteiger partial charge in [0.05, 0.1) is 23.6 Å². The molecule has 2 aliphatic rings. The first-order chi connectivity index (χ1) is 15.0. The van der Waals surface area contributed by atoms with Gasteiger partial charge in [0.25, 0.3) is 0 Å². The molecule has 0 unspecified atom stereocenters. The summed E-state index contributed by atoms with van der Waals surface area (Å²) in [6.07, 6.45) is 7.99. The Kier molecular flexibility index (Phi) is 3.84. The summed E-state index contributed by atoms with van der Waals surface area (Å²) in [5.41, 5.74) is 4.13. The van der Waals surface area contributed by atoms with Gasteiger partial charge in [-0.3, -0.25) is 9.36 Å². The minimum Gasteiger partial charge on any atom is -0.338 e. The van der Waals surface area contributed by atoms with Crippen molar-refractivity contribution in [2.45, 2.75) is 45.2 Å². The van der Waals surface area contributed by atoms with Crippen LogP contribution < -0.4 is 0 Å². The van der Waals surface area contributed by atoms with E-state index >= 15 is 0 Å². The summed E-state index contributed by atoms with van der Waals surface area (Å²) in [6, 6.07) is 8.17. The number of fused-ring (bicyclic) bond motifs is 2. The molecular formula is C24H24N6O. The number of pyridine rings is 1. The second-order valence-electron chi connectivity index (χ2n) is 8.77. The maximum atomic E-state index is 12.7. The third kappa shape index (κ3) is 2.80. The summed E-state index contributed by atoms with van der Waals surface area (Å²) in [7, 11) is 1.87. The van der Waals surface area contributed by atoms with Crippen molar-refractivity contribution in [1.82, 2.24) is 29.0 Å². The minimum atomic E-state index is -0.213. The molecule has 1 aliphatic carbocycles. The van der Waals surface area contributed by atoms with Crippen LogP contribution in [0.5, 0.6) is 0 Å². The van der Waals surface area contributed by atoms with Crippen LogP contribution in [0.4, 0.5) is 0 Å². The van der Waals surface area contributed by atoms with E-state index in [0.717, 1.165) is 57.9 Å². The van der Waals surface area contributed by atoms with Crippen molar-refractivity contribution in [2.24, 2.45) is 0 Å². The zero-order chi connectivity index (χ0) is 21.3. The summed E-state index contributed by atoms with van der Waals surface area (Å²) in [6.45, 7) is 4.54. The average molecular weight is 412 g/mol. The molecule has 1 amide bonds. The summed E-state index contributed by atoms with van der Waals surface area (Å²) in [5.74, 6) is 2.53. The fourth-order valence-electron chi connectivity index (χ4n) is 4.70. The van der Waals surface area contributed by atoms with Crippen molar-refractivity contribution >= 4 is 16.7 Å². The number of imidazole rings is 2. The Labute approximate surface area is 180 Å². The normalized spacial score (nSPS) is 18.6. The van der Waals surface area contributed by atoms with Gasteiger partial charge in [0.1, 0.15) is 24.0 Å². The third-order valence-electron chi connectivity index (χ3n) is 6.47. The van der Waals surface area contributed by atoms with E-state index in [1.54, 1.807) is 6.33 Å². The molecule has 1 saturated carbocycles. The number of nitrogens with zero attached hydrogens (tertiary/aromatic N) is 6. The standard InChI is InChI=1S/C24H24N6O/c1-14-11-29(13-26-14)21-9-17-5-4-6-18(19(17)10-25-21)22-20-12-28(3)24(31)15(2)30(20)23(27-22)16-7-8-16/h4-6,9-11,13,15-16H,7-8,12H2,1-3H3/t15-/m1/s1. The van der Waals surface area contributed by atoms with Crippen LogP contribution in [0.1, 0.15) is 48.9 Å². The molecule has 7 nitrogen and oxygen atoms in total. The lowest BCUT2D eigenvalue weighted by atomic mass is 10.0. The van der Waals surface area contributed by atoms with Crippen LogP contribution in [0.15, 0.2) is 43.0 Å². The number of aryl methyl sites for hydroxylation is 1. The van der Waals surface area contributed by atoms with Gasteiger partial charge in [0.2, 0.25) is 5.91 Å². The highest BCUT2D eigenvalue weighted by molar-refractivity contribution is 5.97. The van der Waals surface area contributed by atoms with E-state index in [9.17, 15) is 4.79 Å². The zero-order valence-corrected chi connectivity index (χ0v) is 17.9. The van der Waals surface area contributed by atoms with Gasteiger partial charge in [-0.15, -0.1) is 0 Å². The first-order valence-electron chi connectivity index (χ1n) is 10.8. The smallest absolute Gasteiger partial charge is 0.245 e. The Balaban J connectivity index is 1.53. The molecule has 1 fully saturated rings. The van der Waals surface area contributed by atoms with Crippen molar-refractivity contribution in [2.75, 3.05) is 7.05 Å². The van der Waals surface area contributed by atoms with Gasteiger partial charge < -0.3 is 9.47 Å². The summed E-state index contributed by atoms with van der Waals surface area (Å²) in [4.78, 5) is 28.6. The summed E-state index contributed by atoms with van der Waals surface area (Å²) in [5, 5.41) is 2.18. The van der Waals surface area contributed by atoms with Crippen molar-refractivity contribution in [3.05, 3.63) is 60.2 Å². The molecule has 156 valence electrons. The molecule has 31 heavy (non-hydrogen) atoms. The number of rotatable bonds is 3. The van der Waals surface area contributed by atoms with Gasteiger partial charge in [-0.1, -0.05) is 18.2 Å². The molecule has 4 heterocycles. The third-order valence-corrected chi connectivity index (χ3v) is 6.47. The van der Waals surface area contributed by atoms with E-state index in [1.807, 2.05) is 42.8 Å². The van der Waals surface area contributed by atoms with Crippen molar-refractivity contribution in [1.29, 1.82) is 0 Å². The van der Waals surface area contributed by atoms with Crippen LogP contribution in [0.3, 0.4) is 0 Å². The monoisotopic (exact) mass is 412 g/mol. The van der Waals surface area contributed by atoms with Crippen molar-refractivity contribution in [3.8, 4) is 17.1 Å². The first kappa shape index (κ1) is 18.3. The Morgan fingerprint density at radius 2 is 2.00 bits per heavy atom. The lowest BCUT2D eigenvalue weighted by molar-refractivity contribution is -0.135. The zero-order valence-electron chi connectivity index (χ0n) is 17.9. The number of likely N-dealkylation sites (N-methyl/N-ethyl adjacent to an activating group) is 1. The van der Waals surface area contributed by atoms with E-state index in [4.69, 9.17) is 9.97 Å². The molecule has 0 spiro atoms. The number of aromatic nitrogens is 5. The molecule has 6 rings (SSSR count). The maximum absolute atomic E-state index is 12.7. The fraction of sp³-hybridized carbons (Fsp3) is 0.333. The highest BCUT2D eigenvalue weighted by Crippen LogP contribution is 2.44. The lowest BCUT2D eigenvalue weighted by Crippen LogP contribution is -2.39. The molecule has 4 aromatic rings. The van der Waals surface area contributed by atoms with Crippen LogP contribution in [-0.2, 0) is 11.3 Å². The Bertz CT molecular complexity index is 1350. The predicted molar refractivity (Wildman–Crippen MR) is 118 cm³/mol. The number of carbonyl (C=O) groups is 1. The van der Waals surface area contributed by atoms with E-state index in [0.29, 0.717) is 12.5 Å². The molecular weight excluding hydrogens is 388 g/mol. The van der Waals surface area contributed by atoms with E-state index < -0.39 is 0 Å². The SMILES string of the molecule is Cc1cn(-c2cc3cccc(-c4nc(C5CC5)n5c4CN(C)C(=O)[C@H]5C)c3cn2)cn1. The van der Waals surface area contributed by atoms with Crippen molar-refractivity contribution in [3.63, 3.8) is 0 Å². The molecule has 0 N–H and O–H groups in total. The number of amides is 1. The van der Waals surface area contributed by atoms with Gasteiger partial charge in [-0.2, -0.15) is 0 Å². The number of hydrogen-bond donors (Lipinski definition) is 0. The van der Waals surface area contributed by atoms with Crippen LogP contribution in [-0.4, -0.2) is 41.9 Å². The van der Waals surface area contributed by atoms with Gasteiger partial charge in [0, 0.05) is 36.3 Å². The number of benzene rings is 1. The highest BCUT2D eigenvalue weighted by atomic mass is 16.2. The molecule has 1 aromatic carbocycles. The van der Waals surface area contributed by atoms with Gasteiger partial charge >= 0.3 is 0 Å². The molecule has 3 aromatic heterocycles. The lowest BCUT2D eigenvalue weighted by Gasteiger charge is -2.31. The van der Waals surface area contributed by atoms with Crippen LogP contribution in [0.2, 0.25) is 0 Å². The summed E-state index contributed by atoms with van der Waals surface area (Å²) >= 11 is 0. The molecule has 7 heteroatoms. The molecule has 0 radical (unpaired) electrons. The van der Waals surface area contributed by atoms with E-state index in [2.05, 4.69) is 33.8 Å². The first-order valence-corrected chi connectivity index (χ1v) is 10.8. The van der Waals surface area contributed by atoms with Crippen LogP contribution in [0.25, 0.3) is 27.8 Å². The Morgan fingerprint density at radius 1 is 1.16 bits per heavy atom. The van der Waals surface area contributed by atoms with E-state index in [-0.39, 0.29) is 11.9 Å². The predicted octanol–water partition coefficient (Wildman–Crippen LogP) is 4.00. The van der Waals surface area contributed by atoms with Gasteiger partial charge in [-0.05, 0) is 38.1 Å². The van der Waals surface area contributed by atoms with Crippen molar-refractivity contribution < 1.29 is 4.79 Å². The Morgan fingerprint density at radius 3 is 2.74 bits per heavy atom. The maximum Gasteiger partial charge on any atom is 0.245 e.